The molecule has 2 aliphatic heterocycles. The molecule has 2 aromatic rings. The number of aryl methyl sites for hydroxylation is 1. The van der Waals surface area contributed by atoms with Crippen molar-refractivity contribution in [3.63, 3.8) is 0 Å². The van der Waals surface area contributed by atoms with E-state index < -0.39 is 15.8 Å². The van der Waals surface area contributed by atoms with Gasteiger partial charge in [-0.05, 0) is 55.8 Å². The molecule has 0 aliphatic carbocycles. The molecule has 25 heavy (non-hydrogen) atoms. The molecular weight excluding hydrogens is 343 g/mol. The van der Waals surface area contributed by atoms with Crippen LogP contribution in [0.4, 0.5) is 10.1 Å². The van der Waals surface area contributed by atoms with E-state index in [0.717, 1.165) is 30.8 Å². The molecule has 4 rings (SSSR count). The molecule has 0 bridgehead atoms. The van der Waals surface area contributed by atoms with Gasteiger partial charge in [-0.3, -0.25) is 4.72 Å². The zero-order valence-electron chi connectivity index (χ0n) is 13.8. The molecule has 2 aromatic carbocycles. The highest BCUT2D eigenvalue weighted by Gasteiger charge is 2.36. The maximum atomic E-state index is 13.7. The Morgan fingerprint density at radius 1 is 1.24 bits per heavy atom. The van der Waals surface area contributed by atoms with E-state index >= 15 is 0 Å². The Hall–Kier alpha value is -2.12. The Kier molecular flexibility index (Phi) is 3.92. The van der Waals surface area contributed by atoms with Gasteiger partial charge >= 0.3 is 0 Å². The minimum absolute atomic E-state index is 0.0563. The first-order chi connectivity index (χ1) is 11.9. The second-order valence-corrected chi connectivity index (χ2v) is 8.21. The smallest absolute Gasteiger partial charge is 0.261 e. The van der Waals surface area contributed by atoms with Gasteiger partial charge in [-0.25, -0.2) is 12.8 Å². The second-order valence-electron chi connectivity index (χ2n) is 6.52. The molecule has 1 saturated heterocycles. The molecule has 0 spiro atoms. The van der Waals surface area contributed by atoms with E-state index in [2.05, 4.69) is 10.0 Å². The number of ether oxygens (including phenoxy) is 1. The highest BCUT2D eigenvalue weighted by atomic mass is 32.2. The highest BCUT2D eigenvalue weighted by molar-refractivity contribution is 7.92. The zero-order valence-corrected chi connectivity index (χ0v) is 14.6. The molecule has 2 unspecified atom stereocenters. The highest BCUT2D eigenvalue weighted by Crippen LogP contribution is 2.42. The quantitative estimate of drug-likeness (QED) is 0.881. The van der Waals surface area contributed by atoms with E-state index in [0.29, 0.717) is 5.56 Å². The first-order valence-corrected chi connectivity index (χ1v) is 9.73. The van der Waals surface area contributed by atoms with E-state index in [1.54, 1.807) is 31.2 Å². The fraction of sp³-hybridized carbons (Fsp3) is 0.333. The maximum absolute atomic E-state index is 13.7. The van der Waals surface area contributed by atoms with Crippen molar-refractivity contribution in [2.24, 2.45) is 0 Å². The third kappa shape index (κ3) is 2.98. The summed E-state index contributed by atoms with van der Waals surface area (Å²) in [6.07, 6.45) is 0.971. The van der Waals surface area contributed by atoms with Gasteiger partial charge in [-0.1, -0.05) is 6.07 Å². The number of nitrogens with one attached hydrogen (secondary N) is 2. The lowest BCUT2D eigenvalue weighted by Crippen LogP contribution is -2.39. The van der Waals surface area contributed by atoms with E-state index in [4.69, 9.17) is 4.74 Å². The van der Waals surface area contributed by atoms with Crippen LogP contribution in [0.3, 0.4) is 0 Å². The van der Waals surface area contributed by atoms with Gasteiger partial charge in [0.15, 0.2) is 0 Å². The van der Waals surface area contributed by atoms with E-state index in [9.17, 15) is 12.8 Å². The topological polar surface area (TPSA) is 67.4 Å². The lowest BCUT2D eigenvalue weighted by Gasteiger charge is -2.24. The predicted octanol–water partition coefficient (Wildman–Crippen LogP) is 2.77. The van der Waals surface area contributed by atoms with Gasteiger partial charge in [0.2, 0.25) is 0 Å². The summed E-state index contributed by atoms with van der Waals surface area (Å²) in [7, 11) is -3.79. The Labute approximate surface area is 146 Å². The van der Waals surface area contributed by atoms with Gasteiger partial charge in [0.25, 0.3) is 10.0 Å². The minimum atomic E-state index is -3.79. The van der Waals surface area contributed by atoms with Crippen LogP contribution in [-0.4, -0.2) is 27.6 Å². The van der Waals surface area contributed by atoms with Crippen LogP contribution < -0.4 is 14.8 Å². The molecule has 0 aromatic heterocycles. The van der Waals surface area contributed by atoms with Crippen molar-refractivity contribution in [1.29, 1.82) is 0 Å². The van der Waals surface area contributed by atoms with E-state index in [-0.39, 0.29) is 22.6 Å². The summed E-state index contributed by atoms with van der Waals surface area (Å²) in [6, 6.07) is 9.19. The lowest BCUT2D eigenvalue weighted by molar-refractivity contribution is 0.177. The number of anilines is 1. The molecule has 132 valence electrons. The average Bonchev–Trinajstić information content (AvgIpc) is 2.96. The van der Waals surface area contributed by atoms with Gasteiger partial charge in [-0.2, -0.15) is 0 Å². The predicted molar refractivity (Wildman–Crippen MR) is 93.0 cm³/mol. The Morgan fingerprint density at radius 2 is 2.08 bits per heavy atom. The number of halogens is 1. The molecule has 2 aliphatic rings. The summed E-state index contributed by atoms with van der Waals surface area (Å²) in [5.41, 5.74) is 1.61. The largest absolute Gasteiger partial charge is 0.488 e. The number of hydrogen-bond donors (Lipinski definition) is 2. The van der Waals surface area contributed by atoms with Gasteiger partial charge in [0.05, 0.1) is 10.6 Å². The van der Waals surface area contributed by atoms with Crippen molar-refractivity contribution in [2.45, 2.75) is 30.3 Å². The molecule has 5 nitrogen and oxygen atoms in total. The summed E-state index contributed by atoms with van der Waals surface area (Å²) in [5.74, 6) is 0.516. The van der Waals surface area contributed by atoms with Gasteiger partial charge in [0, 0.05) is 18.0 Å². The first-order valence-electron chi connectivity index (χ1n) is 8.24. The van der Waals surface area contributed by atoms with E-state index in [1.165, 1.54) is 12.1 Å². The average molecular weight is 362 g/mol. The number of benzene rings is 2. The van der Waals surface area contributed by atoms with Crippen LogP contribution in [0.15, 0.2) is 41.3 Å². The van der Waals surface area contributed by atoms with Gasteiger partial charge < -0.3 is 10.1 Å². The van der Waals surface area contributed by atoms with E-state index in [1.807, 2.05) is 0 Å². The van der Waals surface area contributed by atoms with Crippen molar-refractivity contribution in [3.8, 4) is 5.75 Å². The van der Waals surface area contributed by atoms with Crippen LogP contribution in [0.1, 0.15) is 23.5 Å². The SMILES string of the molecule is Cc1ccc(NS(=O)(=O)c2ccc3c(c2)C2CCNCC2O3)cc1F. The van der Waals surface area contributed by atoms with Crippen LogP contribution in [0.2, 0.25) is 0 Å². The Bertz CT molecular complexity index is 930. The van der Waals surface area contributed by atoms with Crippen molar-refractivity contribution in [3.05, 3.63) is 53.3 Å². The molecule has 7 heteroatoms. The Morgan fingerprint density at radius 3 is 2.88 bits per heavy atom. The van der Waals surface area contributed by atoms with Crippen LogP contribution in [0.5, 0.6) is 5.75 Å². The molecule has 1 fully saturated rings. The number of fused-ring (bicyclic) bond motifs is 3. The summed E-state index contributed by atoms with van der Waals surface area (Å²) < 4.78 is 47.4. The third-order valence-electron chi connectivity index (χ3n) is 4.82. The normalized spacial score (nSPS) is 22.0. The standard InChI is InChI=1S/C18H19FN2O3S/c1-11-2-3-12(8-16(11)19)21-25(22,23)13-4-5-17-15(9-13)14-6-7-20-10-18(14)24-17/h2-5,8-9,14,18,20-21H,6-7,10H2,1H3. The Balaban J connectivity index is 1.64. The molecule has 2 atom stereocenters. The van der Waals surface area contributed by atoms with Crippen LogP contribution in [-0.2, 0) is 10.0 Å². The number of hydrogen-bond acceptors (Lipinski definition) is 4. The van der Waals surface area contributed by atoms with Crippen molar-refractivity contribution < 1.29 is 17.5 Å². The fourth-order valence-corrected chi connectivity index (χ4v) is 4.52. The molecule has 0 radical (unpaired) electrons. The fourth-order valence-electron chi connectivity index (χ4n) is 3.43. The van der Waals surface area contributed by atoms with Crippen molar-refractivity contribution in [1.82, 2.24) is 5.32 Å². The van der Waals surface area contributed by atoms with Crippen LogP contribution in [0.25, 0.3) is 0 Å². The maximum Gasteiger partial charge on any atom is 0.261 e. The number of piperidine rings is 1. The summed E-state index contributed by atoms with van der Waals surface area (Å²) >= 11 is 0. The minimum Gasteiger partial charge on any atom is -0.488 e. The molecule has 2 N–H and O–H groups in total. The first kappa shape index (κ1) is 16.4. The van der Waals surface area contributed by atoms with Crippen LogP contribution >= 0.6 is 0 Å². The monoisotopic (exact) mass is 362 g/mol. The molecule has 0 saturated carbocycles. The zero-order chi connectivity index (χ0) is 17.6. The molecule has 2 heterocycles. The number of sulfonamides is 1. The molecular formula is C18H19FN2O3S. The second kappa shape index (κ2) is 6.00. The summed E-state index contributed by atoms with van der Waals surface area (Å²) in [5, 5.41) is 3.29. The summed E-state index contributed by atoms with van der Waals surface area (Å²) in [6.45, 7) is 3.29. The molecule has 0 amide bonds. The van der Waals surface area contributed by atoms with Crippen molar-refractivity contribution in [2.75, 3.05) is 17.8 Å². The van der Waals surface area contributed by atoms with Crippen molar-refractivity contribution >= 4 is 15.7 Å². The van der Waals surface area contributed by atoms with Gasteiger partial charge in [0.1, 0.15) is 17.7 Å². The number of rotatable bonds is 3. The third-order valence-corrected chi connectivity index (χ3v) is 6.20. The lowest BCUT2D eigenvalue weighted by atomic mass is 9.90. The van der Waals surface area contributed by atoms with Gasteiger partial charge in [-0.15, -0.1) is 0 Å². The summed E-state index contributed by atoms with van der Waals surface area (Å²) in [4.78, 5) is 0.162. The van der Waals surface area contributed by atoms with Crippen LogP contribution in [0, 0.1) is 12.7 Å².